The fourth-order valence-electron chi connectivity index (χ4n) is 3.76. The van der Waals surface area contributed by atoms with Gasteiger partial charge in [0.2, 0.25) is 5.95 Å². The van der Waals surface area contributed by atoms with Gasteiger partial charge in [-0.05, 0) is 25.0 Å². The number of benzene rings is 1. The summed E-state index contributed by atoms with van der Waals surface area (Å²) >= 11 is 0. The highest BCUT2D eigenvalue weighted by atomic mass is 19.4. The lowest BCUT2D eigenvalue weighted by molar-refractivity contribution is -0.137. The van der Waals surface area contributed by atoms with E-state index in [1.807, 2.05) is 6.07 Å². The van der Waals surface area contributed by atoms with E-state index in [-0.39, 0.29) is 23.7 Å². The van der Waals surface area contributed by atoms with Gasteiger partial charge in [-0.25, -0.2) is 9.97 Å². The molecule has 0 spiro atoms. The van der Waals surface area contributed by atoms with Crippen LogP contribution in [0.3, 0.4) is 0 Å². The number of nitrogens with two attached hydrogens (primary N) is 1. The van der Waals surface area contributed by atoms with Crippen molar-refractivity contribution in [3.8, 4) is 17.3 Å². The molecular formula is C20H19F3N6. The summed E-state index contributed by atoms with van der Waals surface area (Å²) < 4.78 is 40.9. The molecule has 2 aromatic heterocycles. The molecule has 2 atom stereocenters. The molecule has 1 fully saturated rings. The first kappa shape index (κ1) is 19.2. The minimum Gasteiger partial charge on any atom is -0.360 e. The zero-order chi connectivity index (χ0) is 20.6. The molecule has 9 heteroatoms. The maximum Gasteiger partial charge on any atom is 0.419 e. The van der Waals surface area contributed by atoms with Gasteiger partial charge in [0.05, 0.1) is 17.3 Å². The van der Waals surface area contributed by atoms with Gasteiger partial charge in [-0.2, -0.15) is 18.4 Å². The van der Waals surface area contributed by atoms with Crippen LogP contribution in [-0.4, -0.2) is 27.0 Å². The first-order chi connectivity index (χ1) is 13.9. The maximum atomic E-state index is 13.6. The van der Waals surface area contributed by atoms with E-state index >= 15 is 0 Å². The minimum absolute atomic E-state index is 0.0745. The number of hydrogen-bond donors (Lipinski definition) is 3. The third kappa shape index (κ3) is 3.76. The first-order valence-electron chi connectivity index (χ1n) is 9.35. The Balaban J connectivity index is 1.79. The second-order valence-corrected chi connectivity index (χ2v) is 7.23. The van der Waals surface area contributed by atoms with Crippen LogP contribution in [0.1, 0.15) is 36.8 Å². The Morgan fingerprint density at radius 2 is 2.03 bits per heavy atom. The number of nitrogens with one attached hydrogen (secondary N) is 2. The van der Waals surface area contributed by atoms with Crippen molar-refractivity contribution in [1.29, 1.82) is 5.26 Å². The van der Waals surface area contributed by atoms with E-state index in [9.17, 15) is 13.2 Å². The number of hydrogen-bond acceptors (Lipinski definition) is 5. The molecule has 1 aliphatic carbocycles. The number of anilines is 1. The van der Waals surface area contributed by atoms with Gasteiger partial charge in [0.15, 0.2) is 0 Å². The standard InChI is InChI=1S/C20H19F3N6/c21-20(22,23)14-10-27-19(28-16-4-2-1-3-15(16)25)29-18(14)13-9-26-17-7-11(8-24)5-6-12(13)17/h5-7,9-10,15-16,26H,1-4,25H2,(H,27,28,29)/t15?,16-/m0/s1. The molecule has 29 heavy (non-hydrogen) atoms. The highest BCUT2D eigenvalue weighted by Gasteiger charge is 2.36. The Hall–Kier alpha value is -3.12. The number of alkyl halides is 3. The molecule has 2 heterocycles. The van der Waals surface area contributed by atoms with Crippen LogP contribution in [-0.2, 0) is 6.18 Å². The van der Waals surface area contributed by atoms with Crippen molar-refractivity contribution in [1.82, 2.24) is 15.0 Å². The molecule has 1 aliphatic rings. The first-order valence-corrected chi connectivity index (χ1v) is 9.35. The summed E-state index contributed by atoms with van der Waals surface area (Å²) in [5.41, 5.74) is 6.28. The predicted molar refractivity (Wildman–Crippen MR) is 103 cm³/mol. The fraction of sp³-hybridized carbons (Fsp3) is 0.350. The number of aromatic amines is 1. The topological polar surface area (TPSA) is 103 Å². The average molecular weight is 400 g/mol. The number of rotatable bonds is 3. The van der Waals surface area contributed by atoms with Gasteiger partial charge in [-0.1, -0.05) is 18.9 Å². The highest BCUT2D eigenvalue weighted by Crippen LogP contribution is 2.39. The van der Waals surface area contributed by atoms with Crippen molar-refractivity contribution in [3.05, 3.63) is 41.7 Å². The van der Waals surface area contributed by atoms with Gasteiger partial charge in [-0.3, -0.25) is 0 Å². The summed E-state index contributed by atoms with van der Waals surface area (Å²) in [7, 11) is 0. The van der Waals surface area contributed by atoms with Gasteiger partial charge >= 0.3 is 6.18 Å². The number of aromatic nitrogens is 3. The van der Waals surface area contributed by atoms with Crippen molar-refractivity contribution in [2.24, 2.45) is 5.73 Å². The summed E-state index contributed by atoms with van der Waals surface area (Å²) in [5, 5.41) is 12.7. The summed E-state index contributed by atoms with van der Waals surface area (Å²) in [4.78, 5) is 11.0. The van der Waals surface area contributed by atoms with Crippen molar-refractivity contribution >= 4 is 16.9 Å². The average Bonchev–Trinajstić information content (AvgIpc) is 3.12. The van der Waals surface area contributed by atoms with Gasteiger partial charge < -0.3 is 16.0 Å². The van der Waals surface area contributed by atoms with E-state index in [2.05, 4.69) is 20.3 Å². The monoisotopic (exact) mass is 400 g/mol. The lowest BCUT2D eigenvalue weighted by Gasteiger charge is -2.29. The van der Waals surface area contributed by atoms with E-state index in [0.717, 1.165) is 31.9 Å². The number of H-pyrrole nitrogens is 1. The van der Waals surface area contributed by atoms with Crippen LogP contribution in [0.15, 0.2) is 30.6 Å². The third-order valence-corrected chi connectivity index (χ3v) is 5.29. The second kappa shape index (κ2) is 7.37. The Kier molecular flexibility index (Phi) is 4.88. The smallest absolute Gasteiger partial charge is 0.360 e. The van der Waals surface area contributed by atoms with E-state index in [0.29, 0.717) is 22.0 Å². The molecule has 6 nitrogen and oxygen atoms in total. The fourth-order valence-corrected chi connectivity index (χ4v) is 3.76. The van der Waals surface area contributed by atoms with Crippen molar-refractivity contribution in [2.75, 3.05) is 5.32 Å². The maximum absolute atomic E-state index is 13.6. The molecule has 0 bridgehead atoms. The number of nitrogens with zero attached hydrogens (tertiary/aromatic N) is 3. The van der Waals surface area contributed by atoms with Crippen molar-refractivity contribution in [3.63, 3.8) is 0 Å². The molecule has 3 aromatic rings. The van der Waals surface area contributed by atoms with Crippen molar-refractivity contribution < 1.29 is 13.2 Å². The molecule has 1 unspecified atom stereocenters. The number of halogens is 3. The zero-order valence-electron chi connectivity index (χ0n) is 15.4. The molecule has 0 amide bonds. The van der Waals surface area contributed by atoms with Gasteiger partial charge in [0.25, 0.3) is 0 Å². The van der Waals surface area contributed by atoms with Gasteiger partial charge in [0.1, 0.15) is 5.56 Å². The van der Waals surface area contributed by atoms with Crippen molar-refractivity contribution in [2.45, 2.75) is 43.9 Å². The highest BCUT2D eigenvalue weighted by molar-refractivity contribution is 5.96. The lowest BCUT2D eigenvalue weighted by atomic mass is 9.91. The van der Waals surface area contributed by atoms with Crippen LogP contribution in [0.25, 0.3) is 22.2 Å². The SMILES string of the molecule is N#Cc1ccc2c(-c3nc(N[C@H]4CCCCC4N)ncc3C(F)(F)F)c[nH]c2c1. The second-order valence-electron chi connectivity index (χ2n) is 7.23. The Labute approximate surface area is 165 Å². The van der Waals surface area contributed by atoms with E-state index in [4.69, 9.17) is 11.0 Å². The summed E-state index contributed by atoms with van der Waals surface area (Å²) in [6, 6.07) is 6.62. The van der Waals surface area contributed by atoms with E-state index < -0.39 is 11.7 Å². The van der Waals surface area contributed by atoms with Crippen LogP contribution in [0.2, 0.25) is 0 Å². The minimum atomic E-state index is -4.61. The quantitative estimate of drug-likeness (QED) is 0.611. The number of fused-ring (bicyclic) bond motifs is 1. The summed E-state index contributed by atoms with van der Waals surface area (Å²) in [6.45, 7) is 0. The summed E-state index contributed by atoms with van der Waals surface area (Å²) in [5.74, 6) is 0.123. The molecule has 1 saturated carbocycles. The Morgan fingerprint density at radius 3 is 2.76 bits per heavy atom. The molecule has 0 radical (unpaired) electrons. The van der Waals surface area contributed by atoms with Gasteiger partial charge in [-0.15, -0.1) is 0 Å². The van der Waals surface area contributed by atoms with Crippen LogP contribution in [0, 0.1) is 11.3 Å². The molecule has 4 rings (SSSR count). The molecule has 0 saturated heterocycles. The van der Waals surface area contributed by atoms with Crippen LogP contribution in [0.5, 0.6) is 0 Å². The van der Waals surface area contributed by atoms with E-state index in [1.165, 1.54) is 6.20 Å². The van der Waals surface area contributed by atoms with E-state index in [1.54, 1.807) is 18.2 Å². The molecule has 1 aromatic carbocycles. The lowest BCUT2D eigenvalue weighted by Crippen LogP contribution is -2.43. The molecular weight excluding hydrogens is 381 g/mol. The summed E-state index contributed by atoms with van der Waals surface area (Å²) in [6.07, 6.45) is 1.40. The number of nitriles is 1. The van der Waals surface area contributed by atoms with Crippen LogP contribution in [0.4, 0.5) is 19.1 Å². The van der Waals surface area contributed by atoms with Gasteiger partial charge in [0, 0.05) is 40.9 Å². The third-order valence-electron chi connectivity index (χ3n) is 5.29. The Bertz CT molecular complexity index is 1080. The molecule has 4 N–H and O–H groups in total. The van der Waals surface area contributed by atoms with Crippen LogP contribution >= 0.6 is 0 Å². The predicted octanol–water partition coefficient (Wildman–Crippen LogP) is 4.20. The normalized spacial score (nSPS) is 19.8. The zero-order valence-corrected chi connectivity index (χ0v) is 15.4. The van der Waals surface area contributed by atoms with Crippen LogP contribution < -0.4 is 11.1 Å². The molecule has 0 aliphatic heterocycles. The largest absolute Gasteiger partial charge is 0.419 e. The molecule has 150 valence electrons. The Morgan fingerprint density at radius 1 is 1.24 bits per heavy atom.